The lowest BCUT2D eigenvalue weighted by Gasteiger charge is -2.32. The number of carbonyl (C=O) groups is 2. The van der Waals surface area contributed by atoms with Gasteiger partial charge in [0, 0.05) is 39.3 Å². The Hall–Kier alpha value is -2.70. The van der Waals surface area contributed by atoms with Crippen LogP contribution in [0, 0.1) is 5.92 Å². The van der Waals surface area contributed by atoms with E-state index in [-0.39, 0.29) is 24.2 Å². The number of piperazine rings is 1. The molecule has 2 amide bonds. The zero-order valence-electron chi connectivity index (χ0n) is 19.5. The van der Waals surface area contributed by atoms with Crippen molar-refractivity contribution in [3.05, 3.63) is 71.3 Å². The summed E-state index contributed by atoms with van der Waals surface area (Å²) in [7, 11) is 2.17. The summed E-state index contributed by atoms with van der Waals surface area (Å²) in [5.74, 6) is -0.290. The quantitative estimate of drug-likeness (QED) is 0.634. The van der Waals surface area contributed by atoms with E-state index >= 15 is 0 Å². The maximum absolute atomic E-state index is 12.8. The lowest BCUT2D eigenvalue weighted by atomic mass is 10.0. The molecule has 2 aromatic carbocycles. The van der Waals surface area contributed by atoms with Gasteiger partial charge in [-0.1, -0.05) is 68.4 Å². The average molecular weight is 437 g/mol. The van der Waals surface area contributed by atoms with Gasteiger partial charge in [0.25, 0.3) is 0 Å². The fourth-order valence-corrected chi connectivity index (χ4v) is 3.87. The minimum Gasteiger partial charge on any atom is -0.350 e. The van der Waals surface area contributed by atoms with Crippen LogP contribution in [0.1, 0.15) is 30.5 Å². The third kappa shape index (κ3) is 7.46. The molecule has 3 rings (SSSR count). The summed E-state index contributed by atoms with van der Waals surface area (Å²) in [6.45, 7) is 9.73. The molecule has 6 heteroatoms. The number of carbonyl (C=O) groups excluding carboxylic acids is 2. The molecular weight excluding hydrogens is 400 g/mol. The van der Waals surface area contributed by atoms with Crippen molar-refractivity contribution >= 4 is 11.8 Å². The van der Waals surface area contributed by atoms with Crippen LogP contribution in [-0.4, -0.2) is 60.9 Å². The van der Waals surface area contributed by atoms with Crippen LogP contribution in [0.15, 0.2) is 54.6 Å². The Kier molecular flexibility index (Phi) is 8.82. The smallest absolute Gasteiger partial charge is 0.243 e. The van der Waals surface area contributed by atoms with Crippen LogP contribution in [0.3, 0.4) is 0 Å². The predicted molar refractivity (Wildman–Crippen MR) is 128 cm³/mol. The summed E-state index contributed by atoms with van der Waals surface area (Å²) >= 11 is 0. The van der Waals surface area contributed by atoms with Crippen LogP contribution >= 0.6 is 0 Å². The summed E-state index contributed by atoms with van der Waals surface area (Å²) in [5.41, 5.74) is 3.28. The number of nitrogens with one attached hydrogen (secondary N) is 2. The van der Waals surface area contributed by atoms with Gasteiger partial charge in [0.1, 0.15) is 6.04 Å². The molecule has 6 nitrogen and oxygen atoms in total. The summed E-state index contributed by atoms with van der Waals surface area (Å²) in [5, 5.41) is 5.88. The maximum Gasteiger partial charge on any atom is 0.243 e. The molecule has 1 heterocycles. The Labute approximate surface area is 192 Å². The lowest BCUT2D eigenvalue weighted by Crippen LogP contribution is -2.49. The highest BCUT2D eigenvalue weighted by Gasteiger charge is 2.24. The molecule has 0 saturated carbocycles. The van der Waals surface area contributed by atoms with Gasteiger partial charge in [-0.3, -0.25) is 14.5 Å². The maximum atomic E-state index is 12.8. The molecule has 2 aromatic rings. The van der Waals surface area contributed by atoms with E-state index in [1.165, 1.54) is 5.56 Å². The predicted octanol–water partition coefficient (Wildman–Crippen LogP) is 2.43. The van der Waals surface area contributed by atoms with Crippen molar-refractivity contribution in [2.24, 2.45) is 5.92 Å². The Morgan fingerprint density at radius 2 is 1.50 bits per heavy atom. The van der Waals surface area contributed by atoms with Gasteiger partial charge < -0.3 is 15.5 Å². The first-order valence-corrected chi connectivity index (χ1v) is 11.5. The molecule has 1 fully saturated rings. The minimum atomic E-state index is -0.553. The molecule has 2 N–H and O–H groups in total. The van der Waals surface area contributed by atoms with Gasteiger partial charge in [-0.15, -0.1) is 0 Å². The zero-order valence-corrected chi connectivity index (χ0v) is 19.5. The van der Waals surface area contributed by atoms with E-state index < -0.39 is 6.04 Å². The van der Waals surface area contributed by atoms with Crippen LogP contribution in [0.5, 0.6) is 0 Å². The van der Waals surface area contributed by atoms with Gasteiger partial charge >= 0.3 is 0 Å². The molecule has 0 bridgehead atoms. The normalized spacial score (nSPS) is 16.0. The second kappa shape index (κ2) is 11.8. The van der Waals surface area contributed by atoms with Crippen molar-refractivity contribution in [3.8, 4) is 0 Å². The molecular formula is C26H36N4O2. The Morgan fingerprint density at radius 1 is 0.875 bits per heavy atom. The number of nitrogens with zero attached hydrogens (tertiary/aromatic N) is 2. The number of rotatable bonds is 9. The number of likely N-dealkylation sites (N-methyl/N-ethyl adjacent to an activating group) is 1. The first-order valence-electron chi connectivity index (χ1n) is 11.5. The molecule has 0 spiro atoms. The van der Waals surface area contributed by atoms with Gasteiger partial charge in [0.15, 0.2) is 0 Å². The number of benzene rings is 2. The summed E-state index contributed by atoms with van der Waals surface area (Å²) in [6, 6.07) is 17.4. The van der Waals surface area contributed by atoms with E-state index in [9.17, 15) is 9.59 Å². The van der Waals surface area contributed by atoms with Gasteiger partial charge in [0.05, 0.1) is 6.42 Å². The van der Waals surface area contributed by atoms with Gasteiger partial charge in [-0.25, -0.2) is 0 Å². The molecule has 1 saturated heterocycles. The van der Waals surface area contributed by atoms with E-state index in [0.717, 1.165) is 43.9 Å². The van der Waals surface area contributed by atoms with Crippen molar-refractivity contribution in [2.75, 3.05) is 33.2 Å². The topological polar surface area (TPSA) is 64.7 Å². The molecule has 0 radical (unpaired) electrons. The van der Waals surface area contributed by atoms with Crippen molar-refractivity contribution in [1.29, 1.82) is 0 Å². The van der Waals surface area contributed by atoms with E-state index in [1.807, 2.05) is 44.2 Å². The first kappa shape index (κ1) is 24.0. The van der Waals surface area contributed by atoms with Crippen molar-refractivity contribution < 1.29 is 9.59 Å². The van der Waals surface area contributed by atoms with Crippen LogP contribution in [0.2, 0.25) is 0 Å². The van der Waals surface area contributed by atoms with Gasteiger partial charge in [-0.2, -0.15) is 0 Å². The highest BCUT2D eigenvalue weighted by molar-refractivity contribution is 5.88. The van der Waals surface area contributed by atoms with Gasteiger partial charge in [0.2, 0.25) is 11.8 Å². The molecule has 0 aliphatic carbocycles. The Balaban J connectivity index is 1.47. The fraction of sp³-hybridized carbons (Fsp3) is 0.462. The molecule has 0 aromatic heterocycles. The second-order valence-corrected chi connectivity index (χ2v) is 9.07. The standard InChI is InChI=1S/C26H36N4O2/c1-20(2)25(28-24(31)17-21-7-5-4-6-8-21)26(32)27-18-22-9-11-23(12-10-22)19-30-15-13-29(3)14-16-30/h4-12,20,25H,13-19H2,1-3H3,(H,27,32)(H,28,31). The fourth-order valence-electron chi connectivity index (χ4n) is 3.87. The SMILES string of the molecule is CC(C)C(NC(=O)Cc1ccccc1)C(=O)NCc1ccc(CN2CCN(C)CC2)cc1. The highest BCUT2D eigenvalue weighted by Crippen LogP contribution is 2.10. The first-order chi connectivity index (χ1) is 15.4. The summed E-state index contributed by atoms with van der Waals surface area (Å²) < 4.78 is 0. The van der Waals surface area contributed by atoms with Crippen LogP contribution in [0.25, 0.3) is 0 Å². The highest BCUT2D eigenvalue weighted by atomic mass is 16.2. The molecule has 172 valence electrons. The largest absolute Gasteiger partial charge is 0.350 e. The number of amides is 2. The monoisotopic (exact) mass is 436 g/mol. The Morgan fingerprint density at radius 3 is 2.12 bits per heavy atom. The molecule has 1 atom stereocenters. The van der Waals surface area contributed by atoms with Crippen LogP contribution < -0.4 is 10.6 Å². The third-order valence-corrected chi connectivity index (χ3v) is 5.96. The molecule has 1 aliphatic rings. The second-order valence-electron chi connectivity index (χ2n) is 9.07. The molecule has 1 aliphatic heterocycles. The van der Waals surface area contributed by atoms with E-state index in [0.29, 0.717) is 6.54 Å². The number of hydrogen-bond donors (Lipinski definition) is 2. The van der Waals surface area contributed by atoms with Crippen molar-refractivity contribution in [1.82, 2.24) is 20.4 Å². The van der Waals surface area contributed by atoms with Crippen LogP contribution in [0.4, 0.5) is 0 Å². The molecule has 32 heavy (non-hydrogen) atoms. The van der Waals surface area contributed by atoms with Crippen molar-refractivity contribution in [3.63, 3.8) is 0 Å². The average Bonchev–Trinajstić information content (AvgIpc) is 2.79. The van der Waals surface area contributed by atoms with Crippen molar-refractivity contribution in [2.45, 2.75) is 39.4 Å². The van der Waals surface area contributed by atoms with E-state index in [4.69, 9.17) is 0 Å². The minimum absolute atomic E-state index is 0.000636. The third-order valence-electron chi connectivity index (χ3n) is 5.96. The molecule has 1 unspecified atom stereocenters. The van der Waals surface area contributed by atoms with E-state index in [2.05, 4.69) is 51.7 Å². The van der Waals surface area contributed by atoms with Crippen LogP contribution in [-0.2, 0) is 29.1 Å². The number of hydrogen-bond acceptors (Lipinski definition) is 4. The van der Waals surface area contributed by atoms with E-state index in [1.54, 1.807) is 0 Å². The lowest BCUT2D eigenvalue weighted by molar-refractivity contribution is -0.129. The van der Waals surface area contributed by atoms with Gasteiger partial charge in [-0.05, 0) is 29.7 Å². The summed E-state index contributed by atoms with van der Waals surface area (Å²) in [6.07, 6.45) is 0.270. The summed E-state index contributed by atoms with van der Waals surface area (Å²) in [4.78, 5) is 30.0. The zero-order chi connectivity index (χ0) is 22.9. The Bertz CT molecular complexity index is 859.